The number of aryl methyl sites for hydroxylation is 1. The van der Waals surface area contributed by atoms with Crippen molar-refractivity contribution in [3.63, 3.8) is 0 Å². The highest BCUT2D eigenvalue weighted by molar-refractivity contribution is 5.48. The Morgan fingerprint density at radius 2 is 1.94 bits per heavy atom. The van der Waals surface area contributed by atoms with E-state index in [9.17, 15) is 0 Å². The third-order valence-corrected chi connectivity index (χ3v) is 2.75. The summed E-state index contributed by atoms with van der Waals surface area (Å²) < 4.78 is 11.1. The van der Waals surface area contributed by atoms with Crippen LogP contribution in [-0.2, 0) is 0 Å². The fourth-order valence-electron chi connectivity index (χ4n) is 1.94. The predicted molar refractivity (Wildman–Crippen MR) is 63.0 cm³/mol. The van der Waals surface area contributed by atoms with E-state index in [0.29, 0.717) is 13.2 Å². The van der Waals surface area contributed by atoms with Gasteiger partial charge in [-0.1, -0.05) is 0 Å². The molecule has 1 aliphatic rings. The molecule has 4 nitrogen and oxygen atoms in total. The zero-order chi connectivity index (χ0) is 11.5. The molecule has 1 aromatic carbocycles. The smallest absolute Gasteiger partial charge is 0.161 e. The standard InChI is InChI=1S/C12H18N2O2/c1-8-5-11-12(16-4-3-15-11)6-9(8)10(13)7-14-2/h5-6,10,14H,3-4,7,13H2,1-2H3. The summed E-state index contributed by atoms with van der Waals surface area (Å²) in [5.41, 5.74) is 8.34. The average Bonchev–Trinajstić information content (AvgIpc) is 2.28. The molecule has 0 spiro atoms. The van der Waals surface area contributed by atoms with Gasteiger partial charge in [-0.3, -0.25) is 0 Å². The second kappa shape index (κ2) is 4.72. The van der Waals surface area contributed by atoms with Crippen molar-refractivity contribution < 1.29 is 9.47 Å². The normalized spacial score (nSPS) is 15.9. The minimum Gasteiger partial charge on any atom is -0.486 e. The third kappa shape index (κ3) is 2.13. The first kappa shape index (κ1) is 11.2. The van der Waals surface area contributed by atoms with Crippen LogP contribution in [-0.4, -0.2) is 26.8 Å². The van der Waals surface area contributed by atoms with Crippen molar-refractivity contribution in [2.45, 2.75) is 13.0 Å². The molecule has 1 aliphatic heterocycles. The highest BCUT2D eigenvalue weighted by atomic mass is 16.6. The summed E-state index contributed by atoms with van der Waals surface area (Å²) in [6.45, 7) is 4.02. The van der Waals surface area contributed by atoms with Gasteiger partial charge in [0.2, 0.25) is 0 Å². The molecule has 1 unspecified atom stereocenters. The second-order valence-corrected chi connectivity index (χ2v) is 4.02. The lowest BCUT2D eigenvalue weighted by molar-refractivity contribution is 0.171. The molecule has 2 rings (SSSR count). The van der Waals surface area contributed by atoms with Crippen LogP contribution in [0.1, 0.15) is 17.2 Å². The maximum atomic E-state index is 6.08. The Morgan fingerprint density at radius 3 is 2.56 bits per heavy atom. The fraction of sp³-hybridized carbons (Fsp3) is 0.500. The van der Waals surface area contributed by atoms with Gasteiger partial charge in [-0.2, -0.15) is 0 Å². The third-order valence-electron chi connectivity index (χ3n) is 2.75. The quantitative estimate of drug-likeness (QED) is 0.800. The number of fused-ring (bicyclic) bond motifs is 1. The molecule has 16 heavy (non-hydrogen) atoms. The Morgan fingerprint density at radius 1 is 1.31 bits per heavy atom. The maximum Gasteiger partial charge on any atom is 0.161 e. The van der Waals surface area contributed by atoms with Crippen LogP contribution in [0, 0.1) is 6.92 Å². The minimum absolute atomic E-state index is 0.0131. The van der Waals surface area contributed by atoms with E-state index in [-0.39, 0.29) is 6.04 Å². The summed E-state index contributed by atoms with van der Waals surface area (Å²) in [6.07, 6.45) is 0. The summed E-state index contributed by atoms with van der Waals surface area (Å²) >= 11 is 0. The molecule has 0 bridgehead atoms. The zero-order valence-electron chi connectivity index (χ0n) is 9.75. The van der Waals surface area contributed by atoms with E-state index in [0.717, 1.165) is 29.2 Å². The van der Waals surface area contributed by atoms with Gasteiger partial charge in [-0.05, 0) is 37.2 Å². The van der Waals surface area contributed by atoms with Crippen molar-refractivity contribution in [2.75, 3.05) is 26.8 Å². The number of ether oxygens (including phenoxy) is 2. The Kier molecular flexibility index (Phi) is 3.31. The molecule has 4 heteroatoms. The van der Waals surface area contributed by atoms with Gasteiger partial charge in [0, 0.05) is 12.6 Å². The number of nitrogens with one attached hydrogen (secondary N) is 1. The molecule has 0 aliphatic carbocycles. The van der Waals surface area contributed by atoms with Gasteiger partial charge in [0.1, 0.15) is 13.2 Å². The second-order valence-electron chi connectivity index (χ2n) is 4.02. The molecular formula is C12H18N2O2. The number of rotatable bonds is 3. The van der Waals surface area contributed by atoms with Crippen LogP contribution in [0.3, 0.4) is 0 Å². The molecular weight excluding hydrogens is 204 g/mol. The molecule has 0 fully saturated rings. The van der Waals surface area contributed by atoms with Crippen LogP contribution in [0.15, 0.2) is 12.1 Å². The predicted octanol–water partition coefficient (Wildman–Crippen LogP) is 0.985. The maximum absolute atomic E-state index is 6.08. The van der Waals surface area contributed by atoms with Crippen molar-refractivity contribution >= 4 is 0 Å². The Balaban J connectivity index is 2.31. The highest BCUT2D eigenvalue weighted by Crippen LogP contribution is 2.34. The number of hydrogen-bond donors (Lipinski definition) is 2. The highest BCUT2D eigenvalue weighted by Gasteiger charge is 2.16. The van der Waals surface area contributed by atoms with Crippen molar-refractivity contribution in [3.05, 3.63) is 23.3 Å². The van der Waals surface area contributed by atoms with Crippen LogP contribution in [0.25, 0.3) is 0 Å². The van der Waals surface area contributed by atoms with E-state index in [4.69, 9.17) is 15.2 Å². The Hall–Kier alpha value is -1.26. The average molecular weight is 222 g/mol. The van der Waals surface area contributed by atoms with Gasteiger partial charge in [-0.25, -0.2) is 0 Å². The summed E-state index contributed by atoms with van der Waals surface area (Å²) in [5.74, 6) is 1.63. The lowest BCUT2D eigenvalue weighted by Crippen LogP contribution is -2.25. The number of likely N-dealkylation sites (N-methyl/N-ethyl adjacent to an activating group) is 1. The molecule has 0 radical (unpaired) electrons. The Labute approximate surface area is 95.7 Å². The van der Waals surface area contributed by atoms with E-state index in [1.54, 1.807) is 0 Å². The lowest BCUT2D eigenvalue weighted by Gasteiger charge is -2.22. The Bertz CT molecular complexity index is 380. The minimum atomic E-state index is -0.0131. The van der Waals surface area contributed by atoms with Crippen LogP contribution in [0.4, 0.5) is 0 Å². The molecule has 1 atom stereocenters. The van der Waals surface area contributed by atoms with Gasteiger partial charge in [-0.15, -0.1) is 0 Å². The first-order chi connectivity index (χ1) is 7.72. The van der Waals surface area contributed by atoms with Crippen molar-refractivity contribution in [2.24, 2.45) is 5.73 Å². The van der Waals surface area contributed by atoms with Gasteiger partial charge < -0.3 is 20.5 Å². The number of hydrogen-bond acceptors (Lipinski definition) is 4. The molecule has 0 amide bonds. The van der Waals surface area contributed by atoms with Gasteiger partial charge in [0.05, 0.1) is 0 Å². The molecule has 3 N–H and O–H groups in total. The molecule has 0 aromatic heterocycles. The molecule has 1 aromatic rings. The van der Waals surface area contributed by atoms with Crippen molar-refractivity contribution in [1.29, 1.82) is 0 Å². The van der Waals surface area contributed by atoms with E-state index >= 15 is 0 Å². The first-order valence-corrected chi connectivity index (χ1v) is 5.52. The molecule has 0 saturated carbocycles. The van der Waals surface area contributed by atoms with Gasteiger partial charge in [0.15, 0.2) is 11.5 Å². The summed E-state index contributed by atoms with van der Waals surface area (Å²) in [7, 11) is 1.90. The zero-order valence-corrected chi connectivity index (χ0v) is 9.75. The fourth-order valence-corrected chi connectivity index (χ4v) is 1.94. The molecule has 88 valence electrons. The molecule has 0 saturated heterocycles. The molecule has 1 heterocycles. The van der Waals surface area contributed by atoms with E-state index in [2.05, 4.69) is 5.32 Å². The van der Waals surface area contributed by atoms with Crippen LogP contribution in [0.2, 0.25) is 0 Å². The summed E-state index contributed by atoms with van der Waals surface area (Å²) in [6, 6.07) is 3.98. The van der Waals surface area contributed by atoms with Crippen LogP contribution < -0.4 is 20.5 Å². The van der Waals surface area contributed by atoms with Gasteiger partial charge >= 0.3 is 0 Å². The number of nitrogens with two attached hydrogens (primary N) is 1. The summed E-state index contributed by atoms with van der Waals surface area (Å²) in [5, 5.41) is 3.08. The monoisotopic (exact) mass is 222 g/mol. The topological polar surface area (TPSA) is 56.5 Å². The van der Waals surface area contributed by atoms with Crippen LogP contribution in [0.5, 0.6) is 11.5 Å². The van der Waals surface area contributed by atoms with Crippen molar-refractivity contribution in [1.82, 2.24) is 5.32 Å². The van der Waals surface area contributed by atoms with Crippen molar-refractivity contribution in [3.8, 4) is 11.5 Å². The number of benzene rings is 1. The lowest BCUT2D eigenvalue weighted by atomic mass is 10.0. The van der Waals surface area contributed by atoms with Crippen LogP contribution >= 0.6 is 0 Å². The van der Waals surface area contributed by atoms with E-state index in [1.165, 1.54) is 0 Å². The summed E-state index contributed by atoms with van der Waals surface area (Å²) in [4.78, 5) is 0. The van der Waals surface area contributed by atoms with E-state index in [1.807, 2.05) is 26.1 Å². The van der Waals surface area contributed by atoms with E-state index < -0.39 is 0 Å². The first-order valence-electron chi connectivity index (χ1n) is 5.52. The van der Waals surface area contributed by atoms with Gasteiger partial charge in [0.25, 0.3) is 0 Å². The largest absolute Gasteiger partial charge is 0.486 e. The SMILES string of the molecule is CNCC(N)c1cc2c(cc1C)OCCO2.